The zero-order valence-corrected chi connectivity index (χ0v) is 10.6. The molecule has 0 aliphatic rings. The van der Waals surface area contributed by atoms with Crippen molar-refractivity contribution in [3.05, 3.63) is 0 Å². The van der Waals surface area contributed by atoms with Gasteiger partial charge in [0.15, 0.2) is 0 Å². The summed E-state index contributed by atoms with van der Waals surface area (Å²) in [6, 6.07) is 0.341. The summed E-state index contributed by atoms with van der Waals surface area (Å²) in [5.41, 5.74) is 6.09. The van der Waals surface area contributed by atoms with Crippen LogP contribution >= 0.6 is 0 Å². The van der Waals surface area contributed by atoms with Crippen LogP contribution in [-0.4, -0.2) is 30.6 Å². The first-order chi connectivity index (χ1) is 6.45. The van der Waals surface area contributed by atoms with Gasteiger partial charge in [0.05, 0.1) is 0 Å². The molecule has 0 aromatic carbocycles. The molecule has 14 heavy (non-hydrogen) atoms. The van der Waals surface area contributed by atoms with E-state index >= 15 is 0 Å². The zero-order valence-electron chi connectivity index (χ0n) is 10.6. The molecule has 0 amide bonds. The van der Waals surface area contributed by atoms with Crippen molar-refractivity contribution in [1.29, 1.82) is 0 Å². The third-order valence-corrected chi connectivity index (χ3v) is 2.34. The number of hydrogen-bond acceptors (Lipinski definition) is 2. The Balaban J connectivity index is 3.79. The molecule has 2 heteroatoms. The van der Waals surface area contributed by atoms with Crippen LogP contribution in [-0.2, 0) is 0 Å². The molecule has 0 heterocycles. The Morgan fingerprint density at radius 3 is 1.93 bits per heavy atom. The summed E-state index contributed by atoms with van der Waals surface area (Å²) in [6.45, 7) is 14.5. The van der Waals surface area contributed by atoms with Crippen LogP contribution in [0.15, 0.2) is 0 Å². The molecule has 0 aliphatic carbocycles. The van der Waals surface area contributed by atoms with Crippen molar-refractivity contribution in [2.75, 3.05) is 19.6 Å². The third kappa shape index (κ3) is 7.34. The number of nitrogens with two attached hydrogens (primary N) is 1. The molecular formula is C12H28N2. The summed E-state index contributed by atoms with van der Waals surface area (Å²) < 4.78 is 0. The van der Waals surface area contributed by atoms with Crippen LogP contribution in [0.25, 0.3) is 0 Å². The van der Waals surface area contributed by atoms with E-state index in [-0.39, 0.29) is 0 Å². The van der Waals surface area contributed by atoms with Gasteiger partial charge in [-0.3, -0.25) is 0 Å². The molecule has 86 valence electrons. The standard InChI is InChI=1S/C12H28N2/c1-6-14(8-11(4)5)9-12(13)7-10(2)3/h10-12H,6-9,13H2,1-5H3. The molecule has 0 saturated carbocycles. The SMILES string of the molecule is CCN(CC(C)C)CC(N)CC(C)C. The normalized spacial score (nSPS) is 14.4. The van der Waals surface area contributed by atoms with Gasteiger partial charge in [-0.05, 0) is 24.8 Å². The molecular weight excluding hydrogens is 172 g/mol. The largest absolute Gasteiger partial charge is 0.327 e. The van der Waals surface area contributed by atoms with Gasteiger partial charge in [0.1, 0.15) is 0 Å². The Labute approximate surface area is 89.9 Å². The molecule has 0 spiro atoms. The lowest BCUT2D eigenvalue weighted by Crippen LogP contribution is -2.39. The Bertz CT molecular complexity index is 132. The van der Waals surface area contributed by atoms with Crippen LogP contribution < -0.4 is 5.73 Å². The molecule has 1 atom stereocenters. The van der Waals surface area contributed by atoms with E-state index in [4.69, 9.17) is 5.73 Å². The van der Waals surface area contributed by atoms with Crippen LogP contribution in [0.1, 0.15) is 41.0 Å². The Hall–Kier alpha value is -0.0800. The molecule has 0 saturated heterocycles. The highest BCUT2D eigenvalue weighted by atomic mass is 15.1. The van der Waals surface area contributed by atoms with Gasteiger partial charge in [0.25, 0.3) is 0 Å². The van der Waals surface area contributed by atoms with Gasteiger partial charge in [0, 0.05) is 19.1 Å². The van der Waals surface area contributed by atoms with Crippen LogP contribution in [0, 0.1) is 11.8 Å². The highest BCUT2D eigenvalue weighted by molar-refractivity contribution is 4.69. The van der Waals surface area contributed by atoms with E-state index in [9.17, 15) is 0 Å². The van der Waals surface area contributed by atoms with Gasteiger partial charge in [0.2, 0.25) is 0 Å². The highest BCUT2D eigenvalue weighted by Crippen LogP contribution is 2.06. The summed E-state index contributed by atoms with van der Waals surface area (Å²) in [5.74, 6) is 1.45. The molecule has 0 aromatic heterocycles. The average molecular weight is 200 g/mol. The van der Waals surface area contributed by atoms with Gasteiger partial charge >= 0.3 is 0 Å². The van der Waals surface area contributed by atoms with Gasteiger partial charge in [-0.2, -0.15) is 0 Å². The fraction of sp³-hybridized carbons (Fsp3) is 1.00. The van der Waals surface area contributed by atoms with E-state index in [2.05, 4.69) is 39.5 Å². The van der Waals surface area contributed by atoms with Gasteiger partial charge in [-0.25, -0.2) is 0 Å². The second kappa shape index (κ2) is 7.24. The molecule has 0 aliphatic heterocycles. The van der Waals surface area contributed by atoms with Gasteiger partial charge in [-0.1, -0.05) is 34.6 Å². The maximum Gasteiger partial charge on any atom is 0.0170 e. The van der Waals surface area contributed by atoms with E-state index in [0.717, 1.165) is 25.4 Å². The number of nitrogens with zero attached hydrogens (tertiary/aromatic N) is 1. The van der Waals surface area contributed by atoms with Crippen molar-refractivity contribution in [2.45, 2.75) is 47.1 Å². The molecule has 0 bridgehead atoms. The molecule has 0 radical (unpaired) electrons. The zero-order chi connectivity index (χ0) is 11.1. The molecule has 0 rings (SSSR count). The lowest BCUT2D eigenvalue weighted by molar-refractivity contribution is 0.232. The Morgan fingerprint density at radius 1 is 1.00 bits per heavy atom. The minimum atomic E-state index is 0.341. The number of rotatable bonds is 7. The van der Waals surface area contributed by atoms with Crippen LogP contribution in [0.4, 0.5) is 0 Å². The Morgan fingerprint density at radius 2 is 1.57 bits per heavy atom. The van der Waals surface area contributed by atoms with Crippen molar-refractivity contribution in [3.8, 4) is 0 Å². The first kappa shape index (κ1) is 13.9. The van der Waals surface area contributed by atoms with Gasteiger partial charge < -0.3 is 10.6 Å². The lowest BCUT2D eigenvalue weighted by atomic mass is 10.0. The van der Waals surface area contributed by atoms with Crippen LogP contribution in [0.2, 0.25) is 0 Å². The van der Waals surface area contributed by atoms with Crippen molar-refractivity contribution < 1.29 is 0 Å². The summed E-state index contributed by atoms with van der Waals surface area (Å²) in [4.78, 5) is 2.46. The monoisotopic (exact) mass is 200 g/mol. The van der Waals surface area contributed by atoms with E-state index in [1.165, 1.54) is 6.54 Å². The summed E-state index contributed by atoms with van der Waals surface area (Å²) in [7, 11) is 0. The average Bonchev–Trinajstić information content (AvgIpc) is 2.00. The minimum absolute atomic E-state index is 0.341. The van der Waals surface area contributed by atoms with E-state index in [1.807, 2.05) is 0 Å². The fourth-order valence-corrected chi connectivity index (χ4v) is 1.86. The second-order valence-electron chi connectivity index (χ2n) is 5.14. The lowest BCUT2D eigenvalue weighted by Gasteiger charge is -2.26. The molecule has 2 N–H and O–H groups in total. The van der Waals surface area contributed by atoms with Crippen molar-refractivity contribution >= 4 is 0 Å². The maximum absolute atomic E-state index is 6.09. The fourth-order valence-electron chi connectivity index (χ4n) is 1.86. The van der Waals surface area contributed by atoms with E-state index in [1.54, 1.807) is 0 Å². The highest BCUT2D eigenvalue weighted by Gasteiger charge is 2.11. The summed E-state index contributed by atoms with van der Waals surface area (Å²) >= 11 is 0. The summed E-state index contributed by atoms with van der Waals surface area (Å²) in [6.07, 6.45) is 1.13. The smallest absolute Gasteiger partial charge is 0.0170 e. The first-order valence-corrected chi connectivity index (χ1v) is 5.93. The van der Waals surface area contributed by atoms with Crippen molar-refractivity contribution in [3.63, 3.8) is 0 Å². The minimum Gasteiger partial charge on any atom is -0.327 e. The van der Waals surface area contributed by atoms with Crippen molar-refractivity contribution in [1.82, 2.24) is 4.90 Å². The third-order valence-electron chi connectivity index (χ3n) is 2.34. The first-order valence-electron chi connectivity index (χ1n) is 5.93. The topological polar surface area (TPSA) is 29.3 Å². The molecule has 0 fully saturated rings. The number of likely N-dealkylation sites (N-methyl/N-ethyl adjacent to an activating group) is 1. The second-order valence-corrected chi connectivity index (χ2v) is 5.14. The van der Waals surface area contributed by atoms with E-state index < -0.39 is 0 Å². The van der Waals surface area contributed by atoms with Crippen molar-refractivity contribution in [2.24, 2.45) is 17.6 Å². The van der Waals surface area contributed by atoms with Gasteiger partial charge in [-0.15, -0.1) is 0 Å². The maximum atomic E-state index is 6.09. The predicted octanol–water partition coefficient (Wildman–Crippen LogP) is 2.34. The van der Waals surface area contributed by atoms with Crippen LogP contribution in [0.5, 0.6) is 0 Å². The molecule has 2 nitrogen and oxygen atoms in total. The van der Waals surface area contributed by atoms with E-state index in [0.29, 0.717) is 12.0 Å². The molecule has 0 aromatic rings. The van der Waals surface area contributed by atoms with Crippen LogP contribution in [0.3, 0.4) is 0 Å². The quantitative estimate of drug-likeness (QED) is 0.683. The number of hydrogen-bond donors (Lipinski definition) is 1. The molecule has 1 unspecified atom stereocenters. The Kier molecular flexibility index (Phi) is 7.20. The predicted molar refractivity (Wildman–Crippen MR) is 64.4 cm³/mol. The summed E-state index contributed by atoms with van der Waals surface area (Å²) in [5, 5.41) is 0.